The second-order valence-electron chi connectivity index (χ2n) is 5.79. The normalized spacial score (nSPS) is 10.8. The van der Waals surface area contributed by atoms with E-state index in [0.29, 0.717) is 16.9 Å². The number of hydrogen-bond donors (Lipinski definition) is 1. The summed E-state index contributed by atoms with van der Waals surface area (Å²) in [6.45, 7) is 6.21. The van der Waals surface area contributed by atoms with E-state index in [-0.39, 0.29) is 11.3 Å². The van der Waals surface area contributed by atoms with E-state index in [4.69, 9.17) is 5.26 Å². The first-order chi connectivity index (χ1) is 9.91. The van der Waals surface area contributed by atoms with Crippen molar-refractivity contribution in [2.75, 3.05) is 5.32 Å². The van der Waals surface area contributed by atoms with Gasteiger partial charge in [-0.2, -0.15) is 5.26 Å². The first-order valence-electron chi connectivity index (χ1n) is 6.69. The number of aromatic nitrogens is 1. The number of carbonyl (C=O) groups is 1. The fraction of sp³-hybridized carbons (Fsp3) is 0.235. The number of pyridine rings is 1. The lowest BCUT2D eigenvalue weighted by Crippen LogP contribution is -2.21. The molecule has 0 saturated carbocycles. The fourth-order valence-electron chi connectivity index (χ4n) is 2.05. The molecule has 21 heavy (non-hydrogen) atoms. The Morgan fingerprint density at radius 3 is 2.48 bits per heavy atom. The van der Waals surface area contributed by atoms with Crippen LogP contribution in [0.5, 0.6) is 0 Å². The molecule has 2 aromatic rings. The summed E-state index contributed by atoms with van der Waals surface area (Å²) in [5, 5.41) is 11.5. The summed E-state index contributed by atoms with van der Waals surface area (Å²) in [7, 11) is 0. The molecule has 4 heteroatoms. The third-order valence-electron chi connectivity index (χ3n) is 3.11. The number of benzene rings is 1. The van der Waals surface area contributed by atoms with Crippen LogP contribution in [-0.2, 0) is 5.41 Å². The highest BCUT2D eigenvalue weighted by molar-refractivity contribution is 6.05. The van der Waals surface area contributed by atoms with Crippen molar-refractivity contribution in [3.8, 4) is 6.07 Å². The molecule has 1 heterocycles. The number of nitriles is 1. The quantitative estimate of drug-likeness (QED) is 0.914. The van der Waals surface area contributed by atoms with Gasteiger partial charge in [0, 0.05) is 11.8 Å². The predicted molar refractivity (Wildman–Crippen MR) is 82.0 cm³/mol. The van der Waals surface area contributed by atoms with E-state index in [9.17, 15) is 4.79 Å². The summed E-state index contributed by atoms with van der Waals surface area (Å²) in [5.74, 6) is 0.237. The largest absolute Gasteiger partial charge is 0.307 e. The van der Waals surface area contributed by atoms with Crippen LogP contribution in [0.1, 0.15) is 42.3 Å². The Hall–Kier alpha value is -2.67. The number of anilines is 1. The van der Waals surface area contributed by atoms with Crippen molar-refractivity contribution in [3.05, 3.63) is 59.3 Å². The average Bonchev–Trinajstić information content (AvgIpc) is 2.47. The van der Waals surface area contributed by atoms with Gasteiger partial charge >= 0.3 is 0 Å². The van der Waals surface area contributed by atoms with Crippen LogP contribution in [-0.4, -0.2) is 10.9 Å². The molecule has 0 aliphatic rings. The molecule has 0 aliphatic heterocycles. The van der Waals surface area contributed by atoms with Crippen molar-refractivity contribution in [1.82, 2.24) is 4.98 Å². The fourth-order valence-corrected chi connectivity index (χ4v) is 2.05. The second kappa shape index (κ2) is 5.76. The second-order valence-corrected chi connectivity index (χ2v) is 5.79. The lowest BCUT2D eigenvalue weighted by atomic mass is 9.83. The third kappa shape index (κ3) is 3.46. The van der Waals surface area contributed by atoms with Gasteiger partial charge in [0.25, 0.3) is 5.91 Å². The molecule has 0 saturated heterocycles. The Bertz CT molecular complexity index is 691. The number of hydrogen-bond acceptors (Lipinski definition) is 3. The van der Waals surface area contributed by atoms with Gasteiger partial charge in [-0.15, -0.1) is 0 Å². The minimum absolute atomic E-state index is 0.119. The monoisotopic (exact) mass is 279 g/mol. The van der Waals surface area contributed by atoms with E-state index < -0.39 is 0 Å². The molecule has 0 radical (unpaired) electrons. The van der Waals surface area contributed by atoms with Gasteiger partial charge in [-0.25, -0.2) is 4.98 Å². The number of rotatable bonds is 2. The van der Waals surface area contributed by atoms with Crippen molar-refractivity contribution in [3.63, 3.8) is 0 Å². The van der Waals surface area contributed by atoms with Crippen molar-refractivity contribution in [1.29, 1.82) is 5.26 Å². The minimum atomic E-state index is -0.197. The van der Waals surface area contributed by atoms with Crippen LogP contribution in [0.15, 0.2) is 42.6 Å². The van der Waals surface area contributed by atoms with Crippen molar-refractivity contribution in [2.45, 2.75) is 26.2 Å². The highest BCUT2D eigenvalue weighted by atomic mass is 16.1. The van der Waals surface area contributed by atoms with Gasteiger partial charge in [0.05, 0.1) is 5.56 Å². The van der Waals surface area contributed by atoms with Crippen LogP contribution in [0.25, 0.3) is 0 Å². The third-order valence-corrected chi connectivity index (χ3v) is 3.11. The summed E-state index contributed by atoms with van der Waals surface area (Å²) in [6.07, 6.45) is 1.44. The van der Waals surface area contributed by atoms with Gasteiger partial charge < -0.3 is 5.32 Å². The van der Waals surface area contributed by atoms with Gasteiger partial charge in [-0.3, -0.25) is 4.79 Å². The summed E-state index contributed by atoms with van der Waals surface area (Å²) in [6, 6.07) is 12.8. The van der Waals surface area contributed by atoms with Crippen LogP contribution in [0.4, 0.5) is 5.82 Å². The first-order valence-corrected chi connectivity index (χ1v) is 6.69. The Kier molecular flexibility index (Phi) is 4.04. The first kappa shape index (κ1) is 14.7. The minimum Gasteiger partial charge on any atom is -0.307 e. The maximum atomic E-state index is 12.4. The van der Waals surface area contributed by atoms with E-state index in [1.807, 2.05) is 24.3 Å². The number of nitrogens with zero attached hydrogens (tertiary/aromatic N) is 2. The highest BCUT2D eigenvalue weighted by Crippen LogP contribution is 2.26. The van der Waals surface area contributed by atoms with E-state index in [1.54, 1.807) is 18.2 Å². The van der Waals surface area contributed by atoms with E-state index in [2.05, 4.69) is 31.1 Å². The number of amides is 1. The Morgan fingerprint density at radius 2 is 1.90 bits per heavy atom. The standard InChI is InChI=1S/C17H17N3O/c1-17(2,3)14-7-5-4-6-13(14)16(21)20-15-9-8-12(10-18)11-19-15/h4-9,11H,1-3H3,(H,19,20,21). The Labute approximate surface area is 124 Å². The van der Waals surface area contributed by atoms with E-state index >= 15 is 0 Å². The molecular formula is C17H17N3O. The summed E-state index contributed by atoms with van der Waals surface area (Å²) in [5.41, 5.74) is 1.96. The highest BCUT2D eigenvalue weighted by Gasteiger charge is 2.21. The SMILES string of the molecule is CC(C)(C)c1ccccc1C(=O)Nc1ccc(C#N)cn1. The molecule has 0 fully saturated rings. The molecule has 106 valence electrons. The molecule has 1 aromatic carbocycles. The molecule has 1 amide bonds. The summed E-state index contributed by atoms with van der Waals surface area (Å²) >= 11 is 0. The smallest absolute Gasteiger partial charge is 0.257 e. The number of carbonyl (C=O) groups excluding carboxylic acids is 1. The molecule has 0 atom stereocenters. The zero-order valence-corrected chi connectivity index (χ0v) is 12.3. The molecule has 0 spiro atoms. The maximum absolute atomic E-state index is 12.4. The number of nitrogens with one attached hydrogen (secondary N) is 1. The molecule has 1 aromatic heterocycles. The van der Waals surface area contributed by atoms with Crippen molar-refractivity contribution < 1.29 is 4.79 Å². The predicted octanol–water partition coefficient (Wildman–Crippen LogP) is 3.50. The summed E-state index contributed by atoms with van der Waals surface area (Å²) < 4.78 is 0. The average molecular weight is 279 g/mol. The topological polar surface area (TPSA) is 65.8 Å². The van der Waals surface area contributed by atoms with Crippen LogP contribution in [0, 0.1) is 11.3 Å². The van der Waals surface area contributed by atoms with E-state index in [1.165, 1.54) is 6.20 Å². The van der Waals surface area contributed by atoms with Gasteiger partial charge in [-0.05, 0) is 29.2 Å². The van der Waals surface area contributed by atoms with Crippen LogP contribution in [0.3, 0.4) is 0 Å². The lowest BCUT2D eigenvalue weighted by Gasteiger charge is -2.22. The van der Waals surface area contributed by atoms with Gasteiger partial charge in [0.15, 0.2) is 0 Å². The van der Waals surface area contributed by atoms with Crippen molar-refractivity contribution >= 4 is 11.7 Å². The van der Waals surface area contributed by atoms with Gasteiger partial charge in [-0.1, -0.05) is 39.0 Å². The molecular weight excluding hydrogens is 262 g/mol. The maximum Gasteiger partial charge on any atom is 0.257 e. The zero-order valence-electron chi connectivity index (χ0n) is 12.3. The molecule has 1 N–H and O–H groups in total. The Morgan fingerprint density at radius 1 is 1.19 bits per heavy atom. The molecule has 0 bridgehead atoms. The van der Waals surface area contributed by atoms with Crippen LogP contribution in [0.2, 0.25) is 0 Å². The molecule has 4 nitrogen and oxygen atoms in total. The lowest BCUT2D eigenvalue weighted by molar-refractivity contribution is 0.102. The van der Waals surface area contributed by atoms with Crippen LogP contribution >= 0.6 is 0 Å². The van der Waals surface area contributed by atoms with Crippen LogP contribution < -0.4 is 5.32 Å². The molecule has 0 unspecified atom stereocenters. The molecule has 0 aliphatic carbocycles. The Balaban J connectivity index is 2.27. The van der Waals surface area contributed by atoms with Crippen molar-refractivity contribution in [2.24, 2.45) is 0 Å². The van der Waals surface area contributed by atoms with E-state index in [0.717, 1.165) is 5.56 Å². The van der Waals surface area contributed by atoms with Gasteiger partial charge in [0.2, 0.25) is 0 Å². The van der Waals surface area contributed by atoms with Gasteiger partial charge in [0.1, 0.15) is 11.9 Å². The molecule has 2 rings (SSSR count). The zero-order chi connectivity index (χ0) is 15.5. The summed E-state index contributed by atoms with van der Waals surface area (Å²) in [4.78, 5) is 16.5.